The number of pyridine rings is 1. The van der Waals surface area contributed by atoms with Gasteiger partial charge in [-0.1, -0.05) is 0 Å². The second kappa shape index (κ2) is 5.53. The molecule has 0 spiro atoms. The van der Waals surface area contributed by atoms with Gasteiger partial charge in [0.25, 0.3) is 0 Å². The largest absolute Gasteiger partial charge is 0.292 e. The van der Waals surface area contributed by atoms with E-state index in [1.165, 1.54) is 11.0 Å². The number of nitrogens with one attached hydrogen (secondary N) is 1. The van der Waals surface area contributed by atoms with Gasteiger partial charge in [0.15, 0.2) is 5.65 Å². The zero-order valence-electron chi connectivity index (χ0n) is 12.6. The fraction of sp³-hybridized carbons (Fsp3) is 0.154. The van der Waals surface area contributed by atoms with Crippen molar-refractivity contribution < 1.29 is 4.79 Å². The van der Waals surface area contributed by atoms with Crippen LogP contribution in [0.2, 0.25) is 0 Å². The van der Waals surface area contributed by atoms with Gasteiger partial charge in [0.2, 0.25) is 11.9 Å². The maximum absolute atomic E-state index is 11.9. The Kier molecular flexibility index (Phi) is 3.23. The monoisotopic (exact) mass is 324 g/mol. The van der Waals surface area contributed by atoms with E-state index in [9.17, 15) is 4.79 Å². The Labute approximate surface area is 134 Å². The first-order valence-electron chi connectivity index (χ1n) is 7.03. The van der Waals surface area contributed by atoms with E-state index < -0.39 is 0 Å². The molecule has 0 aliphatic heterocycles. The normalized spacial score (nSPS) is 11.0. The maximum atomic E-state index is 11.9. The molecule has 24 heavy (non-hydrogen) atoms. The quantitative estimate of drug-likeness (QED) is 0.549. The van der Waals surface area contributed by atoms with Crippen molar-refractivity contribution in [1.29, 1.82) is 0 Å². The molecule has 0 saturated carbocycles. The highest BCUT2D eigenvalue weighted by atomic mass is 16.2. The maximum Gasteiger partial charge on any atom is 0.249 e. The van der Waals surface area contributed by atoms with E-state index in [0.29, 0.717) is 5.65 Å². The van der Waals surface area contributed by atoms with Crippen molar-refractivity contribution in [3.05, 3.63) is 37.1 Å². The van der Waals surface area contributed by atoms with Crippen LogP contribution in [0, 0.1) is 0 Å². The molecule has 1 N–H and O–H groups in total. The third-order valence-electron chi connectivity index (χ3n) is 3.32. The fourth-order valence-electron chi connectivity index (χ4n) is 2.24. The van der Waals surface area contributed by atoms with Crippen LogP contribution in [0.5, 0.6) is 0 Å². The van der Waals surface area contributed by atoms with Crippen molar-refractivity contribution in [1.82, 2.24) is 44.6 Å². The lowest BCUT2D eigenvalue weighted by molar-refractivity contribution is -0.117. The summed E-state index contributed by atoms with van der Waals surface area (Å²) in [6.45, 7) is -0.0104. The Morgan fingerprint density at radius 3 is 2.92 bits per heavy atom. The Morgan fingerprint density at radius 1 is 1.25 bits per heavy atom. The molecule has 4 heterocycles. The number of carbonyl (C=O) groups is 1. The molecule has 0 radical (unpaired) electrons. The molecule has 120 valence electrons. The van der Waals surface area contributed by atoms with E-state index in [0.717, 1.165) is 11.1 Å². The van der Waals surface area contributed by atoms with Crippen LogP contribution >= 0.6 is 0 Å². The topological polar surface area (TPSA) is 121 Å². The summed E-state index contributed by atoms with van der Waals surface area (Å²) in [4.78, 5) is 16.2. The van der Waals surface area contributed by atoms with E-state index in [1.807, 2.05) is 31.6 Å². The van der Waals surface area contributed by atoms with Crippen LogP contribution in [-0.2, 0) is 18.4 Å². The van der Waals surface area contributed by atoms with Gasteiger partial charge in [-0.15, -0.1) is 10.2 Å². The summed E-state index contributed by atoms with van der Waals surface area (Å²) in [6, 6.07) is 3.75. The molecule has 0 aliphatic rings. The number of tetrazole rings is 1. The first-order valence-corrected chi connectivity index (χ1v) is 7.03. The number of nitrogens with zero attached hydrogens (tertiary/aromatic N) is 9. The predicted octanol–water partition coefficient (Wildman–Crippen LogP) is -0.245. The van der Waals surface area contributed by atoms with E-state index in [4.69, 9.17) is 0 Å². The van der Waals surface area contributed by atoms with E-state index in [2.05, 4.69) is 36.0 Å². The fourth-order valence-corrected chi connectivity index (χ4v) is 2.24. The summed E-state index contributed by atoms with van der Waals surface area (Å²) < 4.78 is 4.64. The highest BCUT2D eigenvalue weighted by Gasteiger charge is 2.10. The minimum Gasteiger partial charge on any atom is -0.292 e. The summed E-state index contributed by atoms with van der Waals surface area (Å²) in [5.74, 6) is -0.0953. The number of anilines is 1. The van der Waals surface area contributed by atoms with Crippen LogP contribution in [0.3, 0.4) is 0 Å². The molecule has 0 aliphatic carbocycles. The standard InChI is InChI=1S/C13H12N10O/c1-21-5-10(4-15-21)9-2-3-11-16-13(18-23(11)6-9)17-12(24)7-22-8-14-19-20-22/h2-6,8H,7H2,1H3,(H,17,18,24). The number of aromatic nitrogens is 9. The van der Waals surface area contributed by atoms with Crippen LogP contribution in [0.25, 0.3) is 16.8 Å². The van der Waals surface area contributed by atoms with E-state index in [-0.39, 0.29) is 18.4 Å². The van der Waals surface area contributed by atoms with Gasteiger partial charge in [-0.3, -0.25) is 14.8 Å². The molecule has 0 bridgehead atoms. The summed E-state index contributed by atoms with van der Waals surface area (Å²) in [5.41, 5.74) is 2.55. The molecule has 4 aromatic rings. The van der Waals surface area contributed by atoms with Gasteiger partial charge in [0.1, 0.15) is 12.9 Å². The van der Waals surface area contributed by atoms with Gasteiger partial charge in [-0.2, -0.15) is 10.1 Å². The molecular weight excluding hydrogens is 312 g/mol. The number of rotatable bonds is 4. The van der Waals surface area contributed by atoms with Crippen molar-refractivity contribution in [3.63, 3.8) is 0 Å². The average molecular weight is 324 g/mol. The van der Waals surface area contributed by atoms with Gasteiger partial charge in [0, 0.05) is 30.6 Å². The van der Waals surface area contributed by atoms with Crippen molar-refractivity contribution in [2.24, 2.45) is 7.05 Å². The van der Waals surface area contributed by atoms with Crippen molar-refractivity contribution in [2.75, 3.05) is 5.32 Å². The van der Waals surface area contributed by atoms with Gasteiger partial charge in [0.05, 0.1) is 6.20 Å². The Bertz CT molecular complexity index is 999. The van der Waals surface area contributed by atoms with Crippen molar-refractivity contribution in [3.8, 4) is 11.1 Å². The average Bonchev–Trinajstić information content (AvgIpc) is 3.26. The second-order valence-corrected chi connectivity index (χ2v) is 5.11. The van der Waals surface area contributed by atoms with Crippen LogP contribution in [0.15, 0.2) is 37.1 Å². The third-order valence-corrected chi connectivity index (χ3v) is 3.32. The molecule has 4 rings (SSSR count). The highest BCUT2D eigenvalue weighted by molar-refractivity contribution is 5.88. The lowest BCUT2D eigenvalue weighted by Gasteiger charge is -1.98. The highest BCUT2D eigenvalue weighted by Crippen LogP contribution is 2.19. The van der Waals surface area contributed by atoms with Crippen molar-refractivity contribution in [2.45, 2.75) is 6.54 Å². The van der Waals surface area contributed by atoms with Gasteiger partial charge in [-0.25, -0.2) is 9.20 Å². The molecule has 4 aromatic heterocycles. The van der Waals surface area contributed by atoms with Crippen LogP contribution in [-0.4, -0.2) is 50.5 Å². The molecule has 11 heteroatoms. The molecule has 1 amide bonds. The number of carbonyl (C=O) groups excluding carboxylic acids is 1. The minimum absolute atomic E-state index is 0.0104. The van der Waals surface area contributed by atoms with Crippen molar-refractivity contribution >= 4 is 17.5 Å². The summed E-state index contributed by atoms with van der Waals surface area (Å²) >= 11 is 0. The number of aryl methyl sites for hydroxylation is 1. The zero-order valence-corrected chi connectivity index (χ0v) is 12.6. The lowest BCUT2D eigenvalue weighted by atomic mass is 10.2. The Morgan fingerprint density at radius 2 is 2.17 bits per heavy atom. The lowest BCUT2D eigenvalue weighted by Crippen LogP contribution is -2.19. The molecule has 0 fully saturated rings. The smallest absolute Gasteiger partial charge is 0.249 e. The molecule has 0 unspecified atom stereocenters. The van der Waals surface area contributed by atoms with Gasteiger partial charge in [-0.05, 0) is 22.6 Å². The first kappa shape index (κ1) is 14.0. The molecular formula is C13H12N10O. The van der Waals surface area contributed by atoms with Crippen LogP contribution < -0.4 is 5.32 Å². The predicted molar refractivity (Wildman–Crippen MR) is 81.6 cm³/mol. The number of hydrogen-bond donors (Lipinski definition) is 1. The summed E-state index contributed by atoms with van der Waals surface area (Å²) in [6.07, 6.45) is 6.87. The van der Waals surface area contributed by atoms with Gasteiger partial charge < -0.3 is 0 Å². The Hall–Kier alpha value is -3.63. The van der Waals surface area contributed by atoms with Crippen LogP contribution in [0.1, 0.15) is 0 Å². The van der Waals surface area contributed by atoms with E-state index >= 15 is 0 Å². The first-order chi connectivity index (χ1) is 11.7. The molecule has 11 nitrogen and oxygen atoms in total. The van der Waals surface area contributed by atoms with Crippen LogP contribution in [0.4, 0.5) is 5.95 Å². The SMILES string of the molecule is Cn1cc(-c2ccc3nc(NC(=O)Cn4cnnn4)nn3c2)cn1. The summed E-state index contributed by atoms with van der Waals surface area (Å²) in [7, 11) is 1.86. The molecule has 0 saturated heterocycles. The molecule has 0 atom stereocenters. The molecule has 0 aromatic carbocycles. The minimum atomic E-state index is -0.314. The van der Waals surface area contributed by atoms with Gasteiger partial charge >= 0.3 is 0 Å². The second-order valence-electron chi connectivity index (χ2n) is 5.11. The zero-order chi connectivity index (χ0) is 16.5. The third kappa shape index (κ3) is 2.69. The summed E-state index contributed by atoms with van der Waals surface area (Å²) in [5, 5.41) is 21.6. The number of amides is 1. The van der Waals surface area contributed by atoms with E-state index in [1.54, 1.807) is 15.4 Å². The number of hydrogen-bond acceptors (Lipinski definition) is 7. The Balaban J connectivity index is 1.55. The number of fused-ring (bicyclic) bond motifs is 1.